The molecule has 0 spiro atoms. The van der Waals surface area contributed by atoms with Crippen LogP contribution in [0.25, 0.3) is 5.69 Å². The van der Waals surface area contributed by atoms with E-state index in [9.17, 15) is 9.59 Å². The van der Waals surface area contributed by atoms with Crippen molar-refractivity contribution in [3.05, 3.63) is 72.6 Å². The summed E-state index contributed by atoms with van der Waals surface area (Å²) in [5, 5.41) is 6.81. The Morgan fingerprint density at radius 2 is 1.97 bits per heavy atom. The van der Waals surface area contributed by atoms with Gasteiger partial charge in [-0.25, -0.2) is 4.68 Å². The number of ether oxygens (including phenoxy) is 2. The monoisotopic (exact) mass is 406 g/mol. The molecule has 154 valence electrons. The lowest BCUT2D eigenvalue weighted by Gasteiger charge is -2.35. The zero-order chi connectivity index (χ0) is 20.9. The molecule has 0 aliphatic carbocycles. The van der Waals surface area contributed by atoms with E-state index in [2.05, 4.69) is 20.1 Å². The SMILES string of the molecule is COC(=O)CNC(=O)C1CN(Cc2ccc(-n3cccn3)cc2)c2ccccc2O1. The summed E-state index contributed by atoms with van der Waals surface area (Å²) in [6, 6.07) is 17.6. The molecule has 8 nitrogen and oxygen atoms in total. The summed E-state index contributed by atoms with van der Waals surface area (Å²) in [5.74, 6) is -0.224. The van der Waals surface area contributed by atoms with Gasteiger partial charge < -0.3 is 19.7 Å². The number of anilines is 1. The molecule has 0 fully saturated rings. The fourth-order valence-electron chi connectivity index (χ4n) is 3.33. The minimum atomic E-state index is -0.729. The molecule has 1 N–H and O–H groups in total. The second kappa shape index (κ2) is 8.69. The molecular formula is C22H22N4O4. The largest absolute Gasteiger partial charge is 0.477 e. The number of aromatic nitrogens is 2. The lowest BCUT2D eigenvalue weighted by atomic mass is 10.1. The molecule has 1 aromatic heterocycles. The van der Waals surface area contributed by atoms with Crippen LogP contribution in [0.2, 0.25) is 0 Å². The Balaban J connectivity index is 1.50. The molecule has 0 radical (unpaired) electrons. The smallest absolute Gasteiger partial charge is 0.325 e. The number of benzene rings is 2. The van der Waals surface area contributed by atoms with E-state index >= 15 is 0 Å². The van der Waals surface area contributed by atoms with Crippen LogP contribution in [0.15, 0.2) is 67.0 Å². The molecule has 1 aliphatic heterocycles. The van der Waals surface area contributed by atoms with Crippen LogP contribution in [0, 0.1) is 0 Å². The average Bonchev–Trinajstić information content (AvgIpc) is 3.32. The maximum atomic E-state index is 12.5. The van der Waals surface area contributed by atoms with E-state index in [1.807, 2.05) is 60.8 Å². The van der Waals surface area contributed by atoms with Crippen molar-refractivity contribution in [3.8, 4) is 11.4 Å². The maximum Gasteiger partial charge on any atom is 0.325 e. The van der Waals surface area contributed by atoms with Gasteiger partial charge in [-0.15, -0.1) is 0 Å². The Morgan fingerprint density at radius 1 is 1.17 bits per heavy atom. The molecular weight excluding hydrogens is 384 g/mol. The van der Waals surface area contributed by atoms with Crippen LogP contribution >= 0.6 is 0 Å². The number of nitrogens with zero attached hydrogens (tertiary/aromatic N) is 3. The highest BCUT2D eigenvalue weighted by Gasteiger charge is 2.30. The summed E-state index contributed by atoms with van der Waals surface area (Å²) < 4.78 is 12.2. The first-order valence-electron chi connectivity index (χ1n) is 9.58. The van der Waals surface area contributed by atoms with Crippen LogP contribution in [-0.4, -0.2) is 48.0 Å². The van der Waals surface area contributed by atoms with Gasteiger partial charge in [0.2, 0.25) is 0 Å². The van der Waals surface area contributed by atoms with E-state index in [0.717, 1.165) is 16.9 Å². The third-order valence-electron chi connectivity index (χ3n) is 4.87. The van der Waals surface area contributed by atoms with E-state index in [-0.39, 0.29) is 12.5 Å². The normalized spacial score (nSPS) is 15.1. The van der Waals surface area contributed by atoms with Crippen LogP contribution in [0.3, 0.4) is 0 Å². The Bertz CT molecular complexity index is 1020. The molecule has 2 heterocycles. The molecule has 2 aromatic carbocycles. The van der Waals surface area contributed by atoms with Gasteiger partial charge in [0, 0.05) is 18.9 Å². The molecule has 0 saturated carbocycles. The van der Waals surface area contributed by atoms with Crippen molar-refractivity contribution in [2.45, 2.75) is 12.6 Å². The molecule has 0 bridgehead atoms. The molecule has 30 heavy (non-hydrogen) atoms. The first-order valence-corrected chi connectivity index (χ1v) is 9.58. The zero-order valence-electron chi connectivity index (χ0n) is 16.5. The third-order valence-corrected chi connectivity index (χ3v) is 4.87. The Kier molecular flexibility index (Phi) is 5.65. The number of hydrogen-bond acceptors (Lipinski definition) is 6. The number of methoxy groups -OCH3 is 1. The van der Waals surface area contributed by atoms with Gasteiger partial charge in [-0.1, -0.05) is 24.3 Å². The number of esters is 1. The van der Waals surface area contributed by atoms with Crippen molar-refractivity contribution in [3.63, 3.8) is 0 Å². The third kappa shape index (κ3) is 4.27. The summed E-state index contributed by atoms with van der Waals surface area (Å²) in [6.45, 7) is 0.789. The van der Waals surface area contributed by atoms with E-state index < -0.39 is 12.1 Å². The van der Waals surface area contributed by atoms with E-state index in [4.69, 9.17) is 4.74 Å². The van der Waals surface area contributed by atoms with Crippen LogP contribution in [-0.2, 0) is 20.9 Å². The number of carbonyl (C=O) groups is 2. The summed E-state index contributed by atoms with van der Waals surface area (Å²) in [4.78, 5) is 25.9. The lowest BCUT2D eigenvalue weighted by Crippen LogP contribution is -2.49. The van der Waals surface area contributed by atoms with Gasteiger partial charge in [-0.2, -0.15) is 5.10 Å². The van der Waals surface area contributed by atoms with Gasteiger partial charge in [-0.05, 0) is 35.9 Å². The van der Waals surface area contributed by atoms with Crippen molar-refractivity contribution < 1.29 is 19.1 Å². The summed E-state index contributed by atoms with van der Waals surface area (Å²) in [5.41, 5.74) is 2.99. The van der Waals surface area contributed by atoms with E-state index in [1.165, 1.54) is 7.11 Å². The van der Waals surface area contributed by atoms with Crippen LogP contribution < -0.4 is 15.0 Å². The Morgan fingerprint density at radius 3 is 2.70 bits per heavy atom. The summed E-state index contributed by atoms with van der Waals surface area (Å²) in [7, 11) is 1.28. The lowest BCUT2D eigenvalue weighted by molar-refractivity contribution is -0.142. The highest BCUT2D eigenvalue weighted by molar-refractivity contribution is 5.86. The van der Waals surface area contributed by atoms with Crippen molar-refractivity contribution in [2.24, 2.45) is 0 Å². The highest BCUT2D eigenvalue weighted by atomic mass is 16.5. The quantitative estimate of drug-likeness (QED) is 0.630. The van der Waals surface area contributed by atoms with Crippen molar-refractivity contribution in [1.29, 1.82) is 0 Å². The van der Waals surface area contributed by atoms with Gasteiger partial charge in [0.05, 0.1) is 25.0 Å². The fraction of sp³-hybridized carbons (Fsp3) is 0.227. The summed E-state index contributed by atoms with van der Waals surface area (Å²) in [6.07, 6.45) is 2.90. The second-order valence-electron chi connectivity index (χ2n) is 6.87. The number of hydrogen-bond donors (Lipinski definition) is 1. The first-order chi connectivity index (χ1) is 14.6. The molecule has 4 rings (SSSR count). The summed E-state index contributed by atoms with van der Waals surface area (Å²) >= 11 is 0. The average molecular weight is 406 g/mol. The Hall–Kier alpha value is -3.81. The van der Waals surface area contributed by atoms with Crippen LogP contribution in [0.5, 0.6) is 5.75 Å². The second-order valence-corrected chi connectivity index (χ2v) is 6.87. The number of nitrogens with one attached hydrogen (secondary N) is 1. The van der Waals surface area contributed by atoms with Gasteiger partial charge >= 0.3 is 5.97 Å². The Labute approximate surface area is 174 Å². The maximum absolute atomic E-state index is 12.5. The number of fused-ring (bicyclic) bond motifs is 1. The number of carbonyl (C=O) groups excluding carboxylic acids is 2. The predicted octanol–water partition coefficient (Wildman–Crippen LogP) is 1.93. The van der Waals surface area contributed by atoms with Gasteiger partial charge in [0.25, 0.3) is 5.91 Å². The zero-order valence-corrected chi connectivity index (χ0v) is 16.5. The molecule has 3 aromatic rings. The van der Waals surface area contributed by atoms with Gasteiger partial charge in [0.1, 0.15) is 12.3 Å². The van der Waals surface area contributed by atoms with Crippen molar-refractivity contribution in [2.75, 3.05) is 25.1 Å². The molecule has 0 saturated heterocycles. The minimum absolute atomic E-state index is 0.189. The van der Waals surface area contributed by atoms with E-state index in [0.29, 0.717) is 18.8 Å². The standard InChI is InChI=1S/C22H22N4O4/c1-29-21(27)13-23-22(28)20-15-25(18-5-2-3-6-19(18)30-20)14-16-7-9-17(10-8-16)26-12-4-11-24-26/h2-12,20H,13-15H2,1H3,(H,23,28). The predicted molar refractivity (Wildman–Crippen MR) is 110 cm³/mol. The van der Waals surface area contributed by atoms with Crippen LogP contribution in [0.4, 0.5) is 5.69 Å². The van der Waals surface area contributed by atoms with Crippen LogP contribution in [0.1, 0.15) is 5.56 Å². The highest BCUT2D eigenvalue weighted by Crippen LogP contribution is 2.34. The fourth-order valence-corrected chi connectivity index (χ4v) is 3.33. The molecule has 1 unspecified atom stereocenters. The number of amides is 1. The van der Waals surface area contributed by atoms with Crippen molar-refractivity contribution in [1.82, 2.24) is 15.1 Å². The molecule has 1 amide bonds. The van der Waals surface area contributed by atoms with Gasteiger partial charge in [0.15, 0.2) is 6.10 Å². The topological polar surface area (TPSA) is 85.7 Å². The van der Waals surface area contributed by atoms with Gasteiger partial charge in [-0.3, -0.25) is 9.59 Å². The van der Waals surface area contributed by atoms with E-state index in [1.54, 1.807) is 10.9 Å². The number of para-hydroxylation sites is 2. The number of rotatable bonds is 6. The molecule has 8 heteroatoms. The van der Waals surface area contributed by atoms with Crippen molar-refractivity contribution >= 4 is 17.6 Å². The molecule has 1 atom stereocenters. The minimum Gasteiger partial charge on any atom is -0.477 e. The molecule has 1 aliphatic rings. The first kappa shape index (κ1) is 19.5.